The molecule has 6 rings (SSSR count). The second-order valence-corrected chi connectivity index (χ2v) is 15.2. The molecule has 1 heterocycles. The summed E-state index contributed by atoms with van der Waals surface area (Å²) >= 11 is 0. The minimum Gasteiger partial charge on any atom is -0.505 e. The Morgan fingerprint density at radius 2 is 1.55 bits per heavy atom. The number of carbonyl (C=O) groups excluding carboxylic acids is 1. The smallest absolute Gasteiger partial charge is 0.202 e. The molecule has 4 saturated carbocycles. The number of carbonyl (C=O) groups is 1. The van der Waals surface area contributed by atoms with Crippen molar-refractivity contribution in [3.05, 3.63) is 11.8 Å². The monoisotopic (exact) mass is 454 g/mol. The number of aliphatic hydroxyl groups excluding tert-OH is 1. The SMILES string of the molecule is CC1(C)CCC23CC[C@@]4(C)C(CCC5[C@@]6(C)C=C(O)C(=O)C(C)(C)C6CC[C@]54C)C2C1OC3. The minimum atomic E-state index is -0.483. The molecule has 2 bridgehead atoms. The second kappa shape index (κ2) is 6.29. The van der Waals surface area contributed by atoms with Crippen molar-refractivity contribution in [3.8, 4) is 0 Å². The van der Waals surface area contributed by atoms with Crippen molar-refractivity contribution in [2.24, 2.45) is 56.2 Å². The van der Waals surface area contributed by atoms with Crippen molar-refractivity contribution in [2.45, 2.75) is 106 Å². The summed E-state index contributed by atoms with van der Waals surface area (Å²) in [6, 6.07) is 0. The Balaban J connectivity index is 1.43. The van der Waals surface area contributed by atoms with E-state index in [1.807, 2.05) is 6.08 Å². The van der Waals surface area contributed by atoms with E-state index < -0.39 is 5.41 Å². The number of allylic oxidation sites excluding steroid dienone is 2. The van der Waals surface area contributed by atoms with E-state index in [2.05, 4.69) is 48.5 Å². The van der Waals surface area contributed by atoms with Gasteiger partial charge in [-0.2, -0.15) is 0 Å². The van der Waals surface area contributed by atoms with Gasteiger partial charge in [0.15, 0.2) is 5.76 Å². The molecule has 1 N–H and O–H groups in total. The topological polar surface area (TPSA) is 46.5 Å². The van der Waals surface area contributed by atoms with Gasteiger partial charge in [0, 0.05) is 5.41 Å². The third-order valence-corrected chi connectivity index (χ3v) is 13.4. The molecule has 9 atom stereocenters. The highest BCUT2D eigenvalue weighted by Crippen LogP contribution is 2.77. The fraction of sp³-hybridized carbons (Fsp3) is 0.900. The predicted molar refractivity (Wildman–Crippen MR) is 131 cm³/mol. The average Bonchev–Trinajstić information content (AvgIpc) is 3.06. The third-order valence-electron chi connectivity index (χ3n) is 13.4. The molecule has 1 saturated heterocycles. The first-order valence-corrected chi connectivity index (χ1v) is 13.8. The molecular weight excluding hydrogens is 408 g/mol. The van der Waals surface area contributed by atoms with Gasteiger partial charge in [-0.3, -0.25) is 4.79 Å². The van der Waals surface area contributed by atoms with Gasteiger partial charge in [0.1, 0.15) is 0 Å². The standard InChI is InChI=1S/C30H46O3/c1-25(2)12-14-30-15-13-28(6)18(22(30)24(25)33-17-30)8-9-21-27(5)16-19(31)23(32)26(3,4)20(27)10-11-29(21,28)7/h16,18,20-22,24,31H,8-15,17H2,1-7H3/t18?,20?,21?,22?,24?,27-,28-,29+,30?/m0/s1. The van der Waals surface area contributed by atoms with Gasteiger partial charge in [0.05, 0.1) is 12.7 Å². The van der Waals surface area contributed by atoms with E-state index in [-0.39, 0.29) is 27.8 Å². The Hall–Kier alpha value is -0.830. The van der Waals surface area contributed by atoms with Crippen LogP contribution in [0.5, 0.6) is 0 Å². The first-order valence-electron chi connectivity index (χ1n) is 13.8. The van der Waals surface area contributed by atoms with E-state index in [1.165, 1.54) is 44.9 Å². The molecular formula is C30H46O3. The molecule has 33 heavy (non-hydrogen) atoms. The predicted octanol–water partition coefficient (Wildman–Crippen LogP) is 7.11. The highest BCUT2D eigenvalue weighted by atomic mass is 16.5. The highest BCUT2D eigenvalue weighted by Gasteiger charge is 2.72. The summed E-state index contributed by atoms with van der Waals surface area (Å²) in [5.41, 5.74) is 0.644. The molecule has 0 aromatic rings. The van der Waals surface area contributed by atoms with Crippen LogP contribution in [-0.4, -0.2) is 23.6 Å². The molecule has 184 valence electrons. The maximum atomic E-state index is 12.9. The number of hydrogen-bond acceptors (Lipinski definition) is 3. The van der Waals surface area contributed by atoms with Gasteiger partial charge in [-0.1, -0.05) is 48.5 Å². The summed E-state index contributed by atoms with van der Waals surface area (Å²) in [5, 5.41) is 10.8. The quantitative estimate of drug-likeness (QED) is 0.424. The molecule has 3 nitrogen and oxygen atoms in total. The van der Waals surface area contributed by atoms with Gasteiger partial charge in [-0.05, 0) is 108 Å². The molecule has 0 aromatic heterocycles. The molecule has 3 heteroatoms. The zero-order chi connectivity index (χ0) is 23.8. The normalized spacial score (nSPS) is 56.2. The van der Waals surface area contributed by atoms with Crippen molar-refractivity contribution in [1.29, 1.82) is 0 Å². The van der Waals surface area contributed by atoms with E-state index in [0.29, 0.717) is 34.7 Å². The van der Waals surface area contributed by atoms with Crippen LogP contribution in [0, 0.1) is 56.2 Å². The molecule has 6 unspecified atom stereocenters. The van der Waals surface area contributed by atoms with Crippen LogP contribution < -0.4 is 0 Å². The van der Waals surface area contributed by atoms with Crippen molar-refractivity contribution < 1.29 is 14.6 Å². The van der Waals surface area contributed by atoms with E-state index in [1.54, 1.807) is 0 Å². The second-order valence-electron chi connectivity index (χ2n) is 15.2. The number of rotatable bonds is 0. The Kier molecular flexibility index (Phi) is 4.31. The number of ether oxygens (including phenoxy) is 1. The van der Waals surface area contributed by atoms with Crippen LogP contribution >= 0.6 is 0 Å². The summed E-state index contributed by atoms with van der Waals surface area (Å²) in [7, 11) is 0. The Morgan fingerprint density at radius 3 is 2.27 bits per heavy atom. The number of Topliss-reactive ketones (excluding diaryl/α,β-unsaturated/α-hetero) is 1. The summed E-state index contributed by atoms with van der Waals surface area (Å²) in [5.74, 6) is 2.25. The van der Waals surface area contributed by atoms with Crippen molar-refractivity contribution in [3.63, 3.8) is 0 Å². The van der Waals surface area contributed by atoms with Gasteiger partial charge >= 0.3 is 0 Å². The van der Waals surface area contributed by atoms with Crippen LogP contribution in [0.25, 0.3) is 0 Å². The Labute approximate surface area is 201 Å². The van der Waals surface area contributed by atoms with Gasteiger partial charge in [-0.25, -0.2) is 0 Å². The van der Waals surface area contributed by atoms with Crippen molar-refractivity contribution in [2.75, 3.05) is 6.61 Å². The maximum Gasteiger partial charge on any atom is 0.202 e. The number of aliphatic hydroxyl groups is 1. The third kappa shape index (κ3) is 2.44. The van der Waals surface area contributed by atoms with Gasteiger partial charge < -0.3 is 9.84 Å². The van der Waals surface area contributed by atoms with Crippen LogP contribution in [0.1, 0.15) is 99.8 Å². The first kappa shape index (κ1) is 22.6. The van der Waals surface area contributed by atoms with E-state index in [4.69, 9.17) is 4.74 Å². The van der Waals surface area contributed by atoms with Crippen LogP contribution in [0.15, 0.2) is 11.8 Å². The lowest BCUT2D eigenvalue weighted by Crippen LogP contribution is -2.67. The van der Waals surface area contributed by atoms with Crippen molar-refractivity contribution in [1.82, 2.24) is 0 Å². The summed E-state index contributed by atoms with van der Waals surface area (Å²) in [6.07, 6.45) is 12.5. The summed E-state index contributed by atoms with van der Waals surface area (Å²) in [4.78, 5) is 12.9. The van der Waals surface area contributed by atoms with Gasteiger partial charge in [0.2, 0.25) is 5.78 Å². The summed E-state index contributed by atoms with van der Waals surface area (Å²) < 4.78 is 6.67. The molecule has 5 fully saturated rings. The van der Waals surface area contributed by atoms with E-state index in [0.717, 1.165) is 18.9 Å². The first-order chi connectivity index (χ1) is 15.2. The van der Waals surface area contributed by atoms with E-state index in [9.17, 15) is 9.90 Å². The summed E-state index contributed by atoms with van der Waals surface area (Å²) in [6.45, 7) is 17.7. The number of fused-ring (bicyclic) bond motifs is 5. The van der Waals surface area contributed by atoms with Crippen molar-refractivity contribution >= 4 is 5.78 Å². The number of ketones is 1. The lowest BCUT2D eigenvalue weighted by Gasteiger charge is -2.72. The molecule has 0 spiro atoms. The molecule has 0 amide bonds. The maximum absolute atomic E-state index is 12.9. The highest BCUT2D eigenvalue weighted by molar-refractivity contribution is 5.98. The molecule has 0 radical (unpaired) electrons. The fourth-order valence-corrected chi connectivity index (χ4v) is 11.4. The zero-order valence-corrected chi connectivity index (χ0v) is 22.1. The zero-order valence-electron chi connectivity index (χ0n) is 22.1. The van der Waals surface area contributed by atoms with E-state index >= 15 is 0 Å². The van der Waals surface area contributed by atoms with Crippen LogP contribution in [0.3, 0.4) is 0 Å². The lowest BCUT2D eigenvalue weighted by molar-refractivity contribution is -0.227. The fourth-order valence-electron chi connectivity index (χ4n) is 11.4. The average molecular weight is 455 g/mol. The van der Waals surface area contributed by atoms with Crippen LogP contribution in [0.4, 0.5) is 0 Å². The van der Waals surface area contributed by atoms with Gasteiger partial charge in [-0.15, -0.1) is 0 Å². The number of hydrogen-bond donors (Lipinski definition) is 1. The van der Waals surface area contributed by atoms with Gasteiger partial charge in [0.25, 0.3) is 0 Å². The Morgan fingerprint density at radius 1 is 0.848 bits per heavy atom. The molecule has 0 aromatic carbocycles. The minimum absolute atomic E-state index is 0.0262. The molecule has 1 aliphatic heterocycles. The Bertz CT molecular complexity index is 931. The van der Waals surface area contributed by atoms with Crippen LogP contribution in [0.2, 0.25) is 0 Å². The molecule has 6 aliphatic rings. The lowest BCUT2D eigenvalue weighted by atomic mass is 9.32. The molecule has 5 aliphatic carbocycles. The van der Waals surface area contributed by atoms with Crippen LogP contribution in [-0.2, 0) is 9.53 Å². The largest absolute Gasteiger partial charge is 0.505 e.